The second-order valence-corrected chi connectivity index (χ2v) is 8.05. The van der Waals surface area contributed by atoms with Crippen molar-refractivity contribution in [3.63, 3.8) is 0 Å². The topological polar surface area (TPSA) is 75.2 Å². The molecule has 0 spiro atoms. The van der Waals surface area contributed by atoms with Crippen LogP contribution >= 0.6 is 0 Å². The highest BCUT2D eigenvalue weighted by molar-refractivity contribution is 7.92. The second-order valence-electron chi connectivity index (χ2n) is 6.36. The molecule has 6 nitrogen and oxygen atoms in total. The van der Waals surface area contributed by atoms with Gasteiger partial charge in [0.1, 0.15) is 0 Å². The van der Waals surface area contributed by atoms with E-state index in [1.165, 1.54) is 12.4 Å². The van der Waals surface area contributed by atoms with Crippen LogP contribution in [-0.2, 0) is 10.0 Å². The molecule has 0 amide bonds. The van der Waals surface area contributed by atoms with Crippen molar-refractivity contribution < 1.29 is 8.42 Å². The molecule has 0 radical (unpaired) electrons. The zero-order valence-electron chi connectivity index (χ0n) is 13.9. The van der Waals surface area contributed by atoms with Gasteiger partial charge in [0.05, 0.1) is 23.0 Å². The first kappa shape index (κ1) is 16.7. The number of aryl methyl sites for hydroxylation is 1. The van der Waals surface area contributed by atoms with E-state index in [2.05, 4.69) is 26.5 Å². The molecule has 7 heteroatoms. The third-order valence-electron chi connectivity index (χ3n) is 4.26. The molecule has 2 aromatic rings. The molecule has 0 saturated carbocycles. The Hall–Kier alpha value is -2.15. The molecule has 1 aliphatic rings. The Morgan fingerprint density at radius 1 is 1.17 bits per heavy atom. The lowest BCUT2D eigenvalue weighted by atomic mass is 10.00. The van der Waals surface area contributed by atoms with E-state index in [1.807, 2.05) is 13.0 Å². The lowest BCUT2D eigenvalue weighted by Gasteiger charge is -2.30. The number of sulfonamides is 1. The normalized spacial score (nSPS) is 16.2. The number of hydrogen-bond donors (Lipinski definition) is 1. The van der Waals surface area contributed by atoms with Crippen LogP contribution in [-0.4, -0.2) is 31.5 Å². The lowest BCUT2D eigenvalue weighted by Crippen LogP contribution is -2.34. The molecule has 0 aliphatic carbocycles. The molecule has 24 heavy (non-hydrogen) atoms. The van der Waals surface area contributed by atoms with Crippen LogP contribution in [0.1, 0.15) is 25.3 Å². The number of aromatic nitrogens is 2. The third-order valence-corrected chi connectivity index (χ3v) is 5.64. The summed E-state index contributed by atoms with van der Waals surface area (Å²) < 4.78 is 27.3. The molecule has 0 atom stereocenters. The molecule has 0 unspecified atom stereocenters. The van der Waals surface area contributed by atoms with Crippen LogP contribution in [0.5, 0.6) is 0 Å². The van der Waals surface area contributed by atoms with E-state index in [9.17, 15) is 8.42 Å². The van der Waals surface area contributed by atoms with Gasteiger partial charge >= 0.3 is 0 Å². The number of hydrogen-bond acceptors (Lipinski definition) is 5. The summed E-state index contributed by atoms with van der Waals surface area (Å²) in [6, 6.07) is 6.78. The summed E-state index contributed by atoms with van der Waals surface area (Å²) in [6.07, 6.45) is 5.30. The van der Waals surface area contributed by atoms with Crippen molar-refractivity contribution >= 4 is 21.7 Å². The summed E-state index contributed by atoms with van der Waals surface area (Å²) in [5, 5.41) is 0. The summed E-state index contributed by atoms with van der Waals surface area (Å²) in [5.41, 5.74) is 1.26. The monoisotopic (exact) mass is 346 g/mol. The van der Waals surface area contributed by atoms with Gasteiger partial charge in [-0.3, -0.25) is 4.72 Å². The lowest BCUT2D eigenvalue weighted by molar-refractivity contribution is 0.434. The Kier molecular flexibility index (Phi) is 4.71. The summed E-state index contributed by atoms with van der Waals surface area (Å²) >= 11 is 0. The molecule has 0 bridgehead atoms. The zero-order chi connectivity index (χ0) is 17.2. The fourth-order valence-corrected chi connectivity index (χ4v) is 3.87. The van der Waals surface area contributed by atoms with Gasteiger partial charge in [-0.1, -0.05) is 19.1 Å². The van der Waals surface area contributed by atoms with Crippen molar-refractivity contribution in [3.8, 4) is 0 Å². The standard InChI is InChI=1S/C17H22N4O2S/c1-13-6-8-21(9-7-13)17-18-11-15(12-19-17)20-24(22,23)16-5-3-4-14(2)10-16/h3-5,10-13,20H,6-9H2,1-2H3. The number of piperidine rings is 1. The Bertz CT molecular complexity index is 798. The van der Waals surface area contributed by atoms with Crippen LogP contribution in [0, 0.1) is 12.8 Å². The minimum absolute atomic E-state index is 0.233. The fraction of sp³-hybridized carbons (Fsp3) is 0.412. The predicted molar refractivity (Wildman–Crippen MR) is 94.6 cm³/mol. The van der Waals surface area contributed by atoms with Crippen LogP contribution in [0.2, 0.25) is 0 Å². The molecule has 2 heterocycles. The highest BCUT2D eigenvalue weighted by atomic mass is 32.2. The van der Waals surface area contributed by atoms with Crippen molar-refractivity contribution in [2.75, 3.05) is 22.7 Å². The van der Waals surface area contributed by atoms with E-state index in [1.54, 1.807) is 18.2 Å². The van der Waals surface area contributed by atoms with Gasteiger partial charge in [0.25, 0.3) is 10.0 Å². The van der Waals surface area contributed by atoms with Gasteiger partial charge in [0, 0.05) is 13.1 Å². The van der Waals surface area contributed by atoms with Gasteiger partial charge in [-0.05, 0) is 43.4 Å². The van der Waals surface area contributed by atoms with E-state index in [-0.39, 0.29) is 4.90 Å². The van der Waals surface area contributed by atoms with E-state index >= 15 is 0 Å². The first-order chi connectivity index (χ1) is 11.4. The highest BCUT2D eigenvalue weighted by Gasteiger charge is 2.19. The van der Waals surface area contributed by atoms with Crippen molar-refractivity contribution in [1.29, 1.82) is 0 Å². The molecule has 128 valence electrons. The number of nitrogens with one attached hydrogen (secondary N) is 1. The minimum atomic E-state index is -3.62. The van der Waals surface area contributed by atoms with Gasteiger partial charge in [0.2, 0.25) is 5.95 Å². The smallest absolute Gasteiger partial charge is 0.262 e. The molecular formula is C17H22N4O2S. The van der Waals surface area contributed by atoms with Crippen molar-refractivity contribution in [2.45, 2.75) is 31.6 Å². The molecule has 1 aliphatic heterocycles. The van der Waals surface area contributed by atoms with E-state index in [0.29, 0.717) is 11.6 Å². The Morgan fingerprint density at radius 3 is 2.46 bits per heavy atom. The predicted octanol–water partition coefficient (Wildman–Crippen LogP) is 2.82. The summed E-state index contributed by atoms with van der Waals surface area (Å²) in [5.74, 6) is 1.39. The van der Waals surface area contributed by atoms with Crippen LogP contribution in [0.4, 0.5) is 11.6 Å². The number of nitrogens with zero attached hydrogens (tertiary/aromatic N) is 3. The van der Waals surface area contributed by atoms with Crippen LogP contribution in [0.3, 0.4) is 0 Å². The fourth-order valence-electron chi connectivity index (χ4n) is 2.74. The maximum absolute atomic E-state index is 12.4. The number of anilines is 2. The minimum Gasteiger partial charge on any atom is -0.341 e. The SMILES string of the molecule is Cc1cccc(S(=O)(=O)Nc2cnc(N3CCC(C)CC3)nc2)c1. The molecule has 1 aromatic heterocycles. The first-order valence-corrected chi connectivity index (χ1v) is 9.59. The number of benzene rings is 1. The zero-order valence-corrected chi connectivity index (χ0v) is 14.8. The quantitative estimate of drug-likeness (QED) is 0.921. The average molecular weight is 346 g/mol. The van der Waals surface area contributed by atoms with Gasteiger partial charge in [-0.15, -0.1) is 0 Å². The molecule has 3 rings (SSSR count). The largest absolute Gasteiger partial charge is 0.341 e. The van der Waals surface area contributed by atoms with Gasteiger partial charge in [-0.25, -0.2) is 18.4 Å². The summed E-state index contributed by atoms with van der Waals surface area (Å²) in [6.45, 7) is 5.99. The highest BCUT2D eigenvalue weighted by Crippen LogP contribution is 2.21. The molecule has 1 aromatic carbocycles. The maximum Gasteiger partial charge on any atom is 0.262 e. The average Bonchev–Trinajstić information content (AvgIpc) is 2.56. The summed E-state index contributed by atoms with van der Waals surface area (Å²) in [7, 11) is -3.62. The Morgan fingerprint density at radius 2 is 1.83 bits per heavy atom. The van der Waals surface area contributed by atoms with Crippen molar-refractivity contribution in [2.24, 2.45) is 5.92 Å². The van der Waals surface area contributed by atoms with E-state index < -0.39 is 10.0 Å². The summed E-state index contributed by atoms with van der Waals surface area (Å²) in [4.78, 5) is 11.0. The van der Waals surface area contributed by atoms with Crippen LogP contribution in [0.15, 0.2) is 41.6 Å². The van der Waals surface area contributed by atoms with Crippen LogP contribution in [0.25, 0.3) is 0 Å². The number of rotatable bonds is 4. The Labute approximate surface area is 143 Å². The second kappa shape index (κ2) is 6.76. The van der Waals surface area contributed by atoms with Crippen LogP contribution < -0.4 is 9.62 Å². The third kappa shape index (κ3) is 3.84. The van der Waals surface area contributed by atoms with Gasteiger partial charge in [-0.2, -0.15) is 0 Å². The Balaban J connectivity index is 1.72. The van der Waals surface area contributed by atoms with E-state index in [0.717, 1.165) is 37.4 Å². The maximum atomic E-state index is 12.4. The molecule has 1 saturated heterocycles. The van der Waals surface area contributed by atoms with Gasteiger partial charge < -0.3 is 4.90 Å². The van der Waals surface area contributed by atoms with Gasteiger partial charge in [0.15, 0.2) is 0 Å². The van der Waals surface area contributed by atoms with Crippen molar-refractivity contribution in [1.82, 2.24) is 9.97 Å². The van der Waals surface area contributed by atoms with Crippen molar-refractivity contribution in [3.05, 3.63) is 42.2 Å². The molecule has 1 N–H and O–H groups in total. The first-order valence-electron chi connectivity index (χ1n) is 8.10. The molecular weight excluding hydrogens is 324 g/mol. The molecule has 1 fully saturated rings. The van der Waals surface area contributed by atoms with E-state index in [4.69, 9.17) is 0 Å².